The number of hydrogen-bond donors (Lipinski definition) is 0. The van der Waals surface area contributed by atoms with Gasteiger partial charge in [-0.2, -0.15) is 13.2 Å². The van der Waals surface area contributed by atoms with Crippen molar-refractivity contribution in [2.75, 3.05) is 0 Å². The van der Waals surface area contributed by atoms with E-state index in [1.54, 1.807) is 13.8 Å². The van der Waals surface area contributed by atoms with Gasteiger partial charge < -0.3 is 0 Å². The third-order valence-electron chi connectivity index (χ3n) is 1.77. The Kier molecular flexibility index (Phi) is 4.07. The number of rotatable bonds is 3. The molecular formula is C9H13F3. The van der Waals surface area contributed by atoms with Gasteiger partial charge in [0.15, 0.2) is 0 Å². The Bertz CT molecular complexity index is 177. The SMILES string of the molecule is C=C/C=C(\C(C)CC)C(F)(F)F. The fourth-order valence-electron chi connectivity index (χ4n) is 0.885. The van der Waals surface area contributed by atoms with Crippen molar-refractivity contribution in [2.45, 2.75) is 26.4 Å². The summed E-state index contributed by atoms with van der Waals surface area (Å²) in [5.41, 5.74) is -0.500. The van der Waals surface area contributed by atoms with E-state index in [1.165, 1.54) is 6.08 Å². The van der Waals surface area contributed by atoms with Crippen LogP contribution in [0.15, 0.2) is 24.3 Å². The van der Waals surface area contributed by atoms with E-state index in [9.17, 15) is 13.2 Å². The molecule has 0 nitrogen and oxygen atoms in total. The van der Waals surface area contributed by atoms with Crippen molar-refractivity contribution in [1.82, 2.24) is 0 Å². The lowest BCUT2D eigenvalue weighted by atomic mass is 9.98. The van der Waals surface area contributed by atoms with Gasteiger partial charge in [0.25, 0.3) is 0 Å². The van der Waals surface area contributed by atoms with E-state index in [0.29, 0.717) is 6.42 Å². The molecule has 0 aliphatic rings. The van der Waals surface area contributed by atoms with E-state index in [0.717, 1.165) is 6.08 Å². The van der Waals surface area contributed by atoms with E-state index >= 15 is 0 Å². The van der Waals surface area contributed by atoms with Crippen LogP contribution in [-0.4, -0.2) is 6.18 Å². The fourth-order valence-corrected chi connectivity index (χ4v) is 0.885. The average molecular weight is 178 g/mol. The van der Waals surface area contributed by atoms with Gasteiger partial charge in [-0.05, 0) is 12.3 Å². The van der Waals surface area contributed by atoms with Gasteiger partial charge in [-0.15, -0.1) is 0 Å². The van der Waals surface area contributed by atoms with E-state index in [-0.39, 0.29) is 0 Å². The molecule has 0 aromatic rings. The van der Waals surface area contributed by atoms with Gasteiger partial charge in [0.2, 0.25) is 0 Å². The molecule has 12 heavy (non-hydrogen) atoms. The van der Waals surface area contributed by atoms with Gasteiger partial charge in [0.1, 0.15) is 0 Å². The molecule has 0 radical (unpaired) electrons. The Balaban J connectivity index is 4.68. The molecule has 0 rings (SSSR count). The predicted molar refractivity (Wildman–Crippen MR) is 43.8 cm³/mol. The molecule has 1 atom stereocenters. The summed E-state index contributed by atoms with van der Waals surface area (Å²) < 4.78 is 36.7. The molecule has 0 aliphatic heterocycles. The zero-order valence-electron chi connectivity index (χ0n) is 7.28. The lowest BCUT2D eigenvalue weighted by Crippen LogP contribution is -2.17. The lowest BCUT2D eigenvalue weighted by Gasteiger charge is -2.16. The maximum Gasteiger partial charge on any atom is 0.412 e. The minimum atomic E-state index is -4.22. The highest BCUT2D eigenvalue weighted by atomic mass is 19.4. The highest BCUT2D eigenvalue weighted by Gasteiger charge is 2.35. The molecule has 0 aromatic heterocycles. The third kappa shape index (κ3) is 3.11. The van der Waals surface area contributed by atoms with E-state index < -0.39 is 17.7 Å². The van der Waals surface area contributed by atoms with Crippen LogP contribution in [0.2, 0.25) is 0 Å². The summed E-state index contributed by atoms with van der Waals surface area (Å²) in [4.78, 5) is 0. The third-order valence-corrected chi connectivity index (χ3v) is 1.77. The zero-order chi connectivity index (χ0) is 9.78. The first-order valence-corrected chi connectivity index (χ1v) is 3.83. The topological polar surface area (TPSA) is 0 Å². The van der Waals surface area contributed by atoms with Crippen LogP contribution in [0.3, 0.4) is 0 Å². The van der Waals surface area contributed by atoms with Crippen molar-refractivity contribution in [3.8, 4) is 0 Å². The minimum absolute atomic E-state index is 0.456. The Labute approximate surface area is 70.8 Å². The molecule has 70 valence electrons. The van der Waals surface area contributed by atoms with Crippen LogP contribution in [0.1, 0.15) is 20.3 Å². The van der Waals surface area contributed by atoms with Gasteiger partial charge in [-0.1, -0.05) is 32.6 Å². The smallest absolute Gasteiger partial charge is 0.166 e. The molecule has 0 spiro atoms. The van der Waals surface area contributed by atoms with Crippen LogP contribution in [0.4, 0.5) is 13.2 Å². The molecule has 0 aliphatic carbocycles. The Morgan fingerprint density at radius 1 is 1.50 bits per heavy atom. The van der Waals surface area contributed by atoms with Crippen LogP contribution < -0.4 is 0 Å². The number of alkyl halides is 3. The second-order valence-electron chi connectivity index (χ2n) is 2.66. The monoisotopic (exact) mass is 178 g/mol. The maximum atomic E-state index is 12.2. The van der Waals surface area contributed by atoms with Crippen molar-refractivity contribution >= 4 is 0 Å². The lowest BCUT2D eigenvalue weighted by molar-refractivity contribution is -0.0984. The maximum absolute atomic E-state index is 12.2. The first kappa shape index (κ1) is 11.3. The molecule has 0 heterocycles. The second kappa shape index (κ2) is 4.33. The van der Waals surface area contributed by atoms with Crippen molar-refractivity contribution in [3.63, 3.8) is 0 Å². The van der Waals surface area contributed by atoms with Crippen LogP contribution in [0.25, 0.3) is 0 Å². The Hall–Kier alpha value is -0.730. The highest BCUT2D eigenvalue weighted by molar-refractivity contribution is 5.17. The molecule has 1 unspecified atom stereocenters. The summed E-state index contributed by atoms with van der Waals surface area (Å²) in [6, 6.07) is 0. The van der Waals surface area contributed by atoms with Crippen molar-refractivity contribution in [1.29, 1.82) is 0 Å². The predicted octanol–water partition coefficient (Wildman–Crippen LogP) is 3.71. The summed E-state index contributed by atoms with van der Waals surface area (Å²) in [7, 11) is 0. The molecule has 0 N–H and O–H groups in total. The number of halogens is 3. The largest absolute Gasteiger partial charge is 0.412 e. The van der Waals surface area contributed by atoms with Crippen molar-refractivity contribution in [2.24, 2.45) is 5.92 Å². The van der Waals surface area contributed by atoms with E-state index in [2.05, 4.69) is 6.58 Å². The standard InChI is InChI=1S/C9H13F3/c1-4-6-8(7(3)5-2)9(10,11)12/h4,6-7H,1,5H2,2-3H3/b8-6+. The summed E-state index contributed by atoms with van der Waals surface area (Å²) in [5, 5.41) is 0. The summed E-state index contributed by atoms with van der Waals surface area (Å²) in [5.74, 6) is -0.456. The molecule has 0 aromatic carbocycles. The summed E-state index contributed by atoms with van der Waals surface area (Å²) in [6.07, 6.45) is -1.52. The molecule has 0 saturated heterocycles. The molecule has 0 amide bonds. The van der Waals surface area contributed by atoms with Crippen LogP contribution in [-0.2, 0) is 0 Å². The quantitative estimate of drug-likeness (QED) is 0.578. The van der Waals surface area contributed by atoms with Gasteiger partial charge in [0, 0.05) is 5.57 Å². The van der Waals surface area contributed by atoms with Gasteiger partial charge in [-0.3, -0.25) is 0 Å². The summed E-state index contributed by atoms with van der Waals surface area (Å²) in [6.45, 7) is 6.54. The van der Waals surface area contributed by atoms with Crippen LogP contribution in [0, 0.1) is 5.92 Å². The highest BCUT2D eigenvalue weighted by Crippen LogP contribution is 2.32. The second-order valence-corrected chi connectivity index (χ2v) is 2.66. The molecular weight excluding hydrogens is 165 g/mol. The van der Waals surface area contributed by atoms with E-state index in [4.69, 9.17) is 0 Å². The fraction of sp³-hybridized carbons (Fsp3) is 0.556. The molecule has 0 fully saturated rings. The first-order chi connectivity index (χ1) is 5.43. The van der Waals surface area contributed by atoms with Gasteiger partial charge in [0.05, 0.1) is 0 Å². The van der Waals surface area contributed by atoms with Crippen LogP contribution in [0.5, 0.6) is 0 Å². The minimum Gasteiger partial charge on any atom is -0.166 e. The van der Waals surface area contributed by atoms with Crippen molar-refractivity contribution < 1.29 is 13.2 Å². The number of allylic oxidation sites excluding steroid dienone is 3. The van der Waals surface area contributed by atoms with Gasteiger partial charge >= 0.3 is 6.18 Å². The molecule has 0 bridgehead atoms. The van der Waals surface area contributed by atoms with Gasteiger partial charge in [-0.25, -0.2) is 0 Å². The first-order valence-electron chi connectivity index (χ1n) is 3.83. The Morgan fingerprint density at radius 2 is 2.00 bits per heavy atom. The number of hydrogen-bond acceptors (Lipinski definition) is 0. The average Bonchev–Trinajstić information content (AvgIpc) is 1.96. The zero-order valence-corrected chi connectivity index (χ0v) is 7.28. The van der Waals surface area contributed by atoms with Crippen LogP contribution >= 0.6 is 0 Å². The molecule has 3 heteroatoms. The molecule has 0 saturated carbocycles. The van der Waals surface area contributed by atoms with Crippen molar-refractivity contribution in [3.05, 3.63) is 24.3 Å². The normalized spacial score (nSPS) is 15.9. The van der Waals surface area contributed by atoms with E-state index in [1.807, 2.05) is 0 Å². The summed E-state index contributed by atoms with van der Waals surface area (Å²) >= 11 is 0. The Morgan fingerprint density at radius 3 is 2.25 bits per heavy atom.